The highest BCUT2D eigenvalue weighted by atomic mass is 16.3. The lowest BCUT2D eigenvalue weighted by Crippen LogP contribution is -2.30. The molecule has 3 heterocycles. The summed E-state index contributed by atoms with van der Waals surface area (Å²) in [7, 11) is 0. The van der Waals surface area contributed by atoms with Crippen LogP contribution >= 0.6 is 0 Å². The molecule has 0 spiro atoms. The second kappa shape index (κ2) is 7.64. The molecule has 0 bridgehead atoms. The molecule has 4 heteroatoms. The lowest BCUT2D eigenvalue weighted by molar-refractivity contribution is 0.408. The molecule has 0 amide bonds. The molecule has 0 radical (unpaired) electrons. The van der Waals surface area contributed by atoms with Crippen LogP contribution < -0.4 is 10.2 Å². The number of piperidine rings is 1. The van der Waals surface area contributed by atoms with E-state index in [1.807, 2.05) is 6.20 Å². The van der Waals surface area contributed by atoms with Crippen LogP contribution in [-0.4, -0.2) is 18.1 Å². The first kappa shape index (κ1) is 16.1. The number of aryl methyl sites for hydroxylation is 1. The molecule has 0 aliphatic carbocycles. The Morgan fingerprint density at radius 1 is 1.22 bits per heavy atom. The van der Waals surface area contributed by atoms with E-state index in [-0.39, 0.29) is 6.04 Å². The largest absolute Gasteiger partial charge is 0.464 e. The van der Waals surface area contributed by atoms with Crippen molar-refractivity contribution in [2.75, 3.05) is 18.0 Å². The van der Waals surface area contributed by atoms with E-state index in [1.54, 1.807) is 0 Å². The van der Waals surface area contributed by atoms with Gasteiger partial charge in [0.2, 0.25) is 0 Å². The monoisotopic (exact) mass is 313 g/mol. The second-order valence-corrected chi connectivity index (χ2v) is 6.33. The Kier molecular flexibility index (Phi) is 5.34. The molecule has 1 saturated heterocycles. The SMILES string of the molecule is CCc1ccc(C(C)NCc2ccnc(N3CCCCC3)c2)o1. The number of nitrogens with zero attached hydrogens (tertiary/aromatic N) is 2. The van der Waals surface area contributed by atoms with Crippen LogP contribution in [0.25, 0.3) is 0 Å². The lowest BCUT2D eigenvalue weighted by atomic mass is 10.1. The van der Waals surface area contributed by atoms with E-state index in [0.717, 1.165) is 43.4 Å². The molecule has 1 N–H and O–H groups in total. The fourth-order valence-corrected chi connectivity index (χ4v) is 3.06. The Morgan fingerprint density at radius 3 is 2.78 bits per heavy atom. The highest BCUT2D eigenvalue weighted by molar-refractivity contribution is 5.41. The molecule has 2 aromatic rings. The molecule has 2 aromatic heterocycles. The van der Waals surface area contributed by atoms with Crippen molar-refractivity contribution in [1.29, 1.82) is 0 Å². The maximum Gasteiger partial charge on any atom is 0.128 e. The predicted octanol–water partition coefficient (Wildman–Crippen LogP) is 4.08. The molecular weight excluding hydrogens is 286 g/mol. The molecule has 23 heavy (non-hydrogen) atoms. The molecule has 3 rings (SSSR count). The smallest absolute Gasteiger partial charge is 0.128 e. The third-order valence-electron chi connectivity index (χ3n) is 4.56. The van der Waals surface area contributed by atoms with Gasteiger partial charge in [-0.05, 0) is 56.0 Å². The van der Waals surface area contributed by atoms with E-state index < -0.39 is 0 Å². The quantitative estimate of drug-likeness (QED) is 0.872. The minimum absolute atomic E-state index is 0.210. The van der Waals surface area contributed by atoms with E-state index >= 15 is 0 Å². The van der Waals surface area contributed by atoms with Gasteiger partial charge in [-0.3, -0.25) is 0 Å². The number of furan rings is 1. The summed E-state index contributed by atoms with van der Waals surface area (Å²) >= 11 is 0. The van der Waals surface area contributed by atoms with Gasteiger partial charge >= 0.3 is 0 Å². The van der Waals surface area contributed by atoms with Crippen LogP contribution in [0.5, 0.6) is 0 Å². The predicted molar refractivity (Wildman–Crippen MR) is 93.6 cm³/mol. The second-order valence-electron chi connectivity index (χ2n) is 6.33. The van der Waals surface area contributed by atoms with Crippen LogP contribution in [-0.2, 0) is 13.0 Å². The fourth-order valence-electron chi connectivity index (χ4n) is 3.06. The topological polar surface area (TPSA) is 41.3 Å². The third-order valence-corrected chi connectivity index (χ3v) is 4.56. The van der Waals surface area contributed by atoms with E-state index in [9.17, 15) is 0 Å². The Morgan fingerprint density at radius 2 is 2.04 bits per heavy atom. The standard InChI is InChI=1S/C19H27N3O/c1-3-17-7-8-18(23-17)15(2)21-14-16-9-10-20-19(13-16)22-11-5-4-6-12-22/h7-10,13,15,21H,3-6,11-12,14H2,1-2H3. The molecule has 124 valence electrons. The molecule has 1 aliphatic rings. The number of hydrogen-bond donors (Lipinski definition) is 1. The first-order chi connectivity index (χ1) is 11.3. The van der Waals surface area contributed by atoms with Gasteiger partial charge in [-0.25, -0.2) is 4.98 Å². The van der Waals surface area contributed by atoms with Gasteiger partial charge in [0.25, 0.3) is 0 Å². The molecule has 4 nitrogen and oxygen atoms in total. The van der Waals surface area contributed by atoms with Crippen LogP contribution in [0.1, 0.15) is 56.2 Å². The van der Waals surface area contributed by atoms with Gasteiger partial charge < -0.3 is 14.6 Å². The van der Waals surface area contributed by atoms with Crippen molar-refractivity contribution in [3.63, 3.8) is 0 Å². The van der Waals surface area contributed by atoms with Gasteiger partial charge in [0.05, 0.1) is 6.04 Å². The van der Waals surface area contributed by atoms with Crippen LogP contribution in [0.15, 0.2) is 34.9 Å². The van der Waals surface area contributed by atoms with Crippen LogP contribution in [0.3, 0.4) is 0 Å². The normalized spacial score (nSPS) is 16.5. The zero-order valence-electron chi connectivity index (χ0n) is 14.2. The average molecular weight is 313 g/mol. The molecule has 1 unspecified atom stereocenters. The van der Waals surface area contributed by atoms with Crippen LogP contribution in [0.2, 0.25) is 0 Å². The third kappa shape index (κ3) is 4.14. The van der Waals surface area contributed by atoms with Crippen molar-refractivity contribution in [2.24, 2.45) is 0 Å². The van der Waals surface area contributed by atoms with Crippen LogP contribution in [0.4, 0.5) is 5.82 Å². The number of hydrogen-bond acceptors (Lipinski definition) is 4. The lowest BCUT2D eigenvalue weighted by Gasteiger charge is -2.28. The van der Waals surface area contributed by atoms with Crippen molar-refractivity contribution in [1.82, 2.24) is 10.3 Å². The summed E-state index contributed by atoms with van der Waals surface area (Å²) in [4.78, 5) is 6.94. The molecule has 0 aromatic carbocycles. The average Bonchev–Trinajstić information content (AvgIpc) is 3.10. The van der Waals surface area contributed by atoms with E-state index in [4.69, 9.17) is 4.42 Å². The summed E-state index contributed by atoms with van der Waals surface area (Å²) in [6, 6.07) is 8.65. The first-order valence-corrected chi connectivity index (χ1v) is 8.78. The Labute approximate surface area is 138 Å². The Bertz CT molecular complexity index is 617. The summed E-state index contributed by atoms with van der Waals surface area (Å²) in [5, 5.41) is 3.54. The number of anilines is 1. The summed E-state index contributed by atoms with van der Waals surface area (Å²) in [5.74, 6) is 3.17. The van der Waals surface area contributed by atoms with Gasteiger partial charge in [0.1, 0.15) is 17.3 Å². The highest BCUT2D eigenvalue weighted by Gasteiger charge is 2.13. The van der Waals surface area contributed by atoms with Crippen molar-refractivity contribution < 1.29 is 4.42 Å². The van der Waals surface area contributed by atoms with Gasteiger partial charge in [0, 0.05) is 32.3 Å². The summed E-state index contributed by atoms with van der Waals surface area (Å²) < 4.78 is 5.82. The molecule has 0 saturated carbocycles. The Balaban J connectivity index is 1.59. The number of nitrogens with one attached hydrogen (secondary N) is 1. The maximum atomic E-state index is 5.82. The van der Waals surface area contributed by atoms with Crippen molar-refractivity contribution >= 4 is 5.82 Å². The van der Waals surface area contributed by atoms with E-state index in [0.29, 0.717) is 0 Å². The minimum atomic E-state index is 0.210. The van der Waals surface area contributed by atoms with Gasteiger partial charge in [-0.15, -0.1) is 0 Å². The molecule has 1 fully saturated rings. The van der Waals surface area contributed by atoms with E-state index in [1.165, 1.54) is 24.8 Å². The zero-order valence-corrected chi connectivity index (χ0v) is 14.2. The molecular formula is C19H27N3O. The summed E-state index contributed by atoms with van der Waals surface area (Å²) in [5.41, 5.74) is 1.27. The van der Waals surface area contributed by atoms with Gasteiger partial charge in [-0.2, -0.15) is 0 Å². The maximum absolute atomic E-state index is 5.82. The van der Waals surface area contributed by atoms with Crippen molar-refractivity contribution in [3.05, 3.63) is 47.5 Å². The fraction of sp³-hybridized carbons (Fsp3) is 0.526. The minimum Gasteiger partial charge on any atom is -0.464 e. The number of pyridine rings is 1. The van der Waals surface area contributed by atoms with E-state index in [2.05, 4.69) is 53.3 Å². The number of aromatic nitrogens is 1. The van der Waals surface area contributed by atoms with Crippen LogP contribution in [0, 0.1) is 0 Å². The van der Waals surface area contributed by atoms with Crippen molar-refractivity contribution in [2.45, 2.75) is 52.1 Å². The number of rotatable bonds is 6. The highest BCUT2D eigenvalue weighted by Crippen LogP contribution is 2.20. The van der Waals surface area contributed by atoms with Gasteiger partial charge in [-0.1, -0.05) is 6.92 Å². The Hall–Kier alpha value is -1.81. The molecule has 1 aliphatic heterocycles. The molecule has 1 atom stereocenters. The summed E-state index contributed by atoms with van der Waals surface area (Å²) in [6.45, 7) is 7.34. The van der Waals surface area contributed by atoms with Crippen molar-refractivity contribution in [3.8, 4) is 0 Å². The zero-order chi connectivity index (χ0) is 16.1. The first-order valence-electron chi connectivity index (χ1n) is 8.78. The summed E-state index contributed by atoms with van der Waals surface area (Å²) in [6.07, 6.45) is 6.76. The van der Waals surface area contributed by atoms with Gasteiger partial charge in [0.15, 0.2) is 0 Å².